The normalized spacial score (nSPS) is 14.7. The molecule has 2 heterocycles. The molecule has 6 nitrogen and oxygen atoms in total. The van der Waals surface area contributed by atoms with Crippen LogP contribution in [-0.2, 0) is 4.79 Å². The summed E-state index contributed by atoms with van der Waals surface area (Å²) >= 11 is 0. The van der Waals surface area contributed by atoms with Gasteiger partial charge in [-0.2, -0.15) is 4.98 Å². The first-order chi connectivity index (χ1) is 8.70. The van der Waals surface area contributed by atoms with Crippen LogP contribution < -0.4 is 10.2 Å². The molecule has 0 spiro atoms. The molecule has 1 saturated heterocycles. The Balaban J connectivity index is 1.97. The molecule has 1 aliphatic heterocycles. The highest BCUT2D eigenvalue weighted by molar-refractivity contribution is 5.81. The molecule has 1 aromatic heterocycles. The topological polar surface area (TPSA) is 61.4 Å². The summed E-state index contributed by atoms with van der Waals surface area (Å²) in [5, 5.41) is 2.89. The van der Waals surface area contributed by atoms with Gasteiger partial charge in [-0.15, -0.1) is 0 Å². The minimum atomic E-state index is 0.166. The molecule has 2 rings (SSSR count). The molecule has 18 heavy (non-hydrogen) atoms. The van der Waals surface area contributed by atoms with Crippen LogP contribution in [0.25, 0.3) is 0 Å². The molecule has 1 N–H and O–H groups in total. The number of likely N-dealkylation sites (tertiary alicyclic amines) is 1. The zero-order chi connectivity index (χ0) is 13.0. The van der Waals surface area contributed by atoms with Gasteiger partial charge in [-0.3, -0.25) is 4.79 Å². The van der Waals surface area contributed by atoms with Crippen molar-refractivity contribution in [3.05, 3.63) is 12.3 Å². The molecule has 0 bridgehead atoms. The maximum atomic E-state index is 12.0. The Morgan fingerprint density at radius 2 is 2.22 bits per heavy atom. The highest BCUT2D eigenvalue weighted by Gasteiger charge is 2.19. The highest BCUT2D eigenvalue weighted by Crippen LogP contribution is 2.12. The van der Waals surface area contributed by atoms with Gasteiger partial charge in [-0.1, -0.05) is 0 Å². The van der Waals surface area contributed by atoms with Crippen LogP contribution in [0.4, 0.5) is 11.8 Å². The van der Waals surface area contributed by atoms with Crippen LogP contribution in [0.5, 0.6) is 0 Å². The molecule has 0 saturated carbocycles. The van der Waals surface area contributed by atoms with Crippen LogP contribution >= 0.6 is 0 Å². The molecule has 0 aliphatic carbocycles. The van der Waals surface area contributed by atoms with E-state index in [-0.39, 0.29) is 5.91 Å². The monoisotopic (exact) mass is 249 g/mol. The van der Waals surface area contributed by atoms with Crippen molar-refractivity contribution < 1.29 is 4.79 Å². The Kier molecular flexibility index (Phi) is 3.96. The van der Waals surface area contributed by atoms with Crippen LogP contribution in [0.3, 0.4) is 0 Å². The number of anilines is 2. The summed E-state index contributed by atoms with van der Waals surface area (Å²) in [6.07, 6.45) is 3.92. The molecule has 1 aliphatic rings. The van der Waals surface area contributed by atoms with Crippen molar-refractivity contribution in [2.24, 2.45) is 0 Å². The van der Waals surface area contributed by atoms with E-state index < -0.39 is 0 Å². The number of likely N-dealkylation sites (N-methyl/N-ethyl adjacent to an activating group) is 1. The van der Waals surface area contributed by atoms with Crippen LogP contribution in [0.2, 0.25) is 0 Å². The number of carbonyl (C=O) groups is 1. The lowest BCUT2D eigenvalue weighted by atomic mass is 10.4. The lowest BCUT2D eigenvalue weighted by Crippen LogP contribution is -2.37. The van der Waals surface area contributed by atoms with Gasteiger partial charge >= 0.3 is 0 Å². The number of nitrogens with zero attached hydrogens (tertiary/aromatic N) is 4. The van der Waals surface area contributed by atoms with E-state index in [1.165, 1.54) is 0 Å². The fourth-order valence-corrected chi connectivity index (χ4v) is 2.03. The van der Waals surface area contributed by atoms with Gasteiger partial charge in [0.25, 0.3) is 0 Å². The highest BCUT2D eigenvalue weighted by atomic mass is 16.2. The molecule has 0 aromatic carbocycles. The zero-order valence-electron chi connectivity index (χ0n) is 10.9. The Hall–Kier alpha value is -1.85. The number of carbonyl (C=O) groups excluding carboxylic acids is 1. The second-order valence-corrected chi connectivity index (χ2v) is 4.43. The van der Waals surface area contributed by atoms with Gasteiger partial charge in [0.2, 0.25) is 11.9 Å². The molecule has 1 aromatic rings. The van der Waals surface area contributed by atoms with Crippen molar-refractivity contribution in [1.29, 1.82) is 0 Å². The molecule has 0 unspecified atom stereocenters. The first-order valence-electron chi connectivity index (χ1n) is 6.20. The molecular formula is C12H19N5O. The standard InChI is InChI=1S/C12H19N5O/c1-13-12-14-6-5-10(15-12)16(2)9-11(18)17-7-3-4-8-17/h5-6H,3-4,7-9H2,1-2H3,(H,13,14,15). The van der Waals surface area contributed by atoms with Crippen molar-refractivity contribution in [2.75, 3.05) is 43.9 Å². The zero-order valence-corrected chi connectivity index (χ0v) is 10.9. The maximum absolute atomic E-state index is 12.0. The van der Waals surface area contributed by atoms with Gasteiger partial charge in [-0.25, -0.2) is 4.98 Å². The van der Waals surface area contributed by atoms with Crippen molar-refractivity contribution in [1.82, 2.24) is 14.9 Å². The van der Waals surface area contributed by atoms with E-state index in [0.717, 1.165) is 31.7 Å². The molecular weight excluding hydrogens is 230 g/mol. The van der Waals surface area contributed by atoms with Gasteiger partial charge in [0.15, 0.2) is 0 Å². The molecule has 98 valence electrons. The minimum Gasteiger partial charge on any atom is -0.357 e. The summed E-state index contributed by atoms with van der Waals surface area (Å²) in [6.45, 7) is 2.14. The Labute approximate surface area is 107 Å². The van der Waals surface area contributed by atoms with E-state index in [9.17, 15) is 4.79 Å². The third-order valence-corrected chi connectivity index (χ3v) is 3.09. The number of aromatic nitrogens is 2. The van der Waals surface area contributed by atoms with Gasteiger partial charge in [0, 0.05) is 33.4 Å². The number of nitrogens with one attached hydrogen (secondary N) is 1. The number of hydrogen-bond acceptors (Lipinski definition) is 5. The van der Waals surface area contributed by atoms with Gasteiger partial charge < -0.3 is 15.1 Å². The first-order valence-corrected chi connectivity index (χ1v) is 6.20. The Bertz CT molecular complexity index is 417. The minimum absolute atomic E-state index is 0.166. The number of rotatable bonds is 4. The second-order valence-electron chi connectivity index (χ2n) is 4.43. The van der Waals surface area contributed by atoms with E-state index in [4.69, 9.17) is 0 Å². The molecule has 1 fully saturated rings. The van der Waals surface area contributed by atoms with Crippen molar-refractivity contribution in [3.8, 4) is 0 Å². The summed E-state index contributed by atoms with van der Waals surface area (Å²) in [5.41, 5.74) is 0. The predicted molar refractivity (Wildman–Crippen MR) is 70.7 cm³/mol. The van der Waals surface area contributed by atoms with E-state index in [0.29, 0.717) is 12.5 Å². The third kappa shape index (κ3) is 2.88. The third-order valence-electron chi connectivity index (χ3n) is 3.09. The Morgan fingerprint density at radius 3 is 2.89 bits per heavy atom. The fraction of sp³-hybridized carbons (Fsp3) is 0.583. The second kappa shape index (κ2) is 5.66. The van der Waals surface area contributed by atoms with Gasteiger partial charge in [0.1, 0.15) is 5.82 Å². The number of hydrogen-bond donors (Lipinski definition) is 1. The van der Waals surface area contributed by atoms with E-state index in [1.807, 2.05) is 16.8 Å². The average molecular weight is 249 g/mol. The summed E-state index contributed by atoms with van der Waals surface area (Å²) in [4.78, 5) is 24.1. The summed E-state index contributed by atoms with van der Waals surface area (Å²) < 4.78 is 0. The smallest absolute Gasteiger partial charge is 0.242 e. The molecule has 0 atom stereocenters. The van der Waals surface area contributed by atoms with Crippen LogP contribution in [-0.4, -0.2) is 54.5 Å². The molecule has 1 amide bonds. The quantitative estimate of drug-likeness (QED) is 0.845. The lowest BCUT2D eigenvalue weighted by Gasteiger charge is -2.22. The Morgan fingerprint density at radius 1 is 1.50 bits per heavy atom. The van der Waals surface area contributed by atoms with Gasteiger partial charge in [-0.05, 0) is 18.9 Å². The van der Waals surface area contributed by atoms with Gasteiger partial charge in [0.05, 0.1) is 6.54 Å². The van der Waals surface area contributed by atoms with Crippen molar-refractivity contribution in [2.45, 2.75) is 12.8 Å². The maximum Gasteiger partial charge on any atom is 0.242 e. The lowest BCUT2D eigenvalue weighted by molar-refractivity contribution is -0.128. The number of amides is 1. The molecule has 6 heteroatoms. The van der Waals surface area contributed by atoms with E-state index >= 15 is 0 Å². The largest absolute Gasteiger partial charge is 0.357 e. The summed E-state index contributed by atoms with van der Waals surface area (Å²) in [7, 11) is 3.64. The van der Waals surface area contributed by atoms with Crippen LogP contribution in [0.15, 0.2) is 12.3 Å². The van der Waals surface area contributed by atoms with Crippen LogP contribution in [0.1, 0.15) is 12.8 Å². The summed E-state index contributed by atoms with van der Waals surface area (Å²) in [5.74, 6) is 1.48. The predicted octanol–water partition coefficient (Wildman–Crippen LogP) is 0.577. The van der Waals surface area contributed by atoms with E-state index in [2.05, 4.69) is 15.3 Å². The summed E-state index contributed by atoms with van der Waals surface area (Å²) in [6, 6.07) is 1.80. The molecule has 0 radical (unpaired) electrons. The fourth-order valence-electron chi connectivity index (χ4n) is 2.03. The van der Waals surface area contributed by atoms with Crippen LogP contribution in [0, 0.1) is 0 Å². The van der Waals surface area contributed by atoms with Crippen molar-refractivity contribution in [3.63, 3.8) is 0 Å². The van der Waals surface area contributed by atoms with E-state index in [1.54, 1.807) is 19.3 Å². The first kappa shape index (κ1) is 12.6. The average Bonchev–Trinajstić information content (AvgIpc) is 2.92. The SMILES string of the molecule is CNc1nccc(N(C)CC(=O)N2CCCC2)n1. The van der Waals surface area contributed by atoms with Crippen molar-refractivity contribution >= 4 is 17.7 Å².